The predicted molar refractivity (Wildman–Crippen MR) is 62.7 cm³/mol. The minimum atomic E-state index is -0.643. The van der Waals surface area contributed by atoms with E-state index in [1.165, 1.54) is 31.2 Å². The summed E-state index contributed by atoms with van der Waals surface area (Å²) in [5.74, 6) is -1.61. The fraction of sp³-hybridized carbons (Fsp3) is 0.250. The van der Waals surface area contributed by atoms with Crippen molar-refractivity contribution < 1.29 is 23.9 Å². The molecule has 17 heavy (non-hydrogen) atoms. The molecule has 0 aliphatic heterocycles. The average Bonchev–Trinajstić information content (AvgIpc) is 2.18. The van der Waals surface area contributed by atoms with E-state index in [0.717, 1.165) is 6.26 Å². The molecule has 0 unspecified atom stereocenters. The highest BCUT2D eigenvalue weighted by atomic mass is 16.6. The number of allylic oxidation sites excluding steroid dienone is 2. The summed E-state index contributed by atoms with van der Waals surface area (Å²) in [4.78, 5) is 30.9. The molecule has 94 valence electrons. The van der Waals surface area contributed by atoms with Crippen molar-refractivity contribution >= 4 is 17.9 Å². The molecule has 0 saturated carbocycles. The second-order valence-corrected chi connectivity index (χ2v) is 2.52. The van der Waals surface area contributed by atoms with E-state index in [9.17, 15) is 14.4 Å². The smallest absolute Gasteiger partial charge is 0.338 e. The molecule has 0 aromatic heterocycles. The largest absolute Gasteiger partial charge is 0.435 e. The molecule has 0 amide bonds. The Labute approximate surface area is 100 Å². The number of esters is 3. The van der Waals surface area contributed by atoms with Gasteiger partial charge in [-0.15, -0.1) is 0 Å². The van der Waals surface area contributed by atoms with Gasteiger partial charge in [-0.25, -0.2) is 9.59 Å². The molecule has 0 spiro atoms. The van der Waals surface area contributed by atoms with Gasteiger partial charge in [0.05, 0.1) is 6.26 Å². The molecule has 0 aliphatic rings. The summed E-state index contributed by atoms with van der Waals surface area (Å²) >= 11 is 0. The summed E-state index contributed by atoms with van der Waals surface area (Å²) in [6, 6.07) is 0. The lowest BCUT2D eigenvalue weighted by molar-refractivity contribution is -0.152. The normalized spacial score (nSPS) is 9.35. The van der Waals surface area contributed by atoms with Crippen LogP contribution in [-0.4, -0.2) is 17.9 Å². The van der Waals surface area contributed by atoms with Gasteiger partial charge in [0.15, 0.2) is 0 Å². The van der Waals surface area contributed by atoms with Gasteiger partial charge in [0, 0.05) is 19.1 Å². The molecule has 5 heteroatoms. The minimum absolute atomic E-state index is 0.329. The molecule has 0 bridgehead atoms. The monoisotopic (exact) mass is 240 g/mol. The maximum absolute atomic E-state index is 10.6. The molecule has 0 aromatic carbocycles. The van der Waals surface area contributed by atoms with Gasteiger partial charge < -0.3 is 9.47 Å². The molecule has 0 aromatic rings. The van der Waals surface area contributed by atoms with Crippen LogP contribution in [0.1, 0.15) is 20.8 Å². The lowest BCUT2D eigenvalue weighted by Crippen LogP contribution is -2.06. The van der Waals surface area contributed by atoms with Crippen LogP contribution < -0.4 is 0 Å². The number of rotatable bonds is 3. The van der Waals surface area contributed by atoms with Crippen LogP contribution >= 0.6 is 0 Å². The maximum Gasteiger partial charge on any atom is 0.338 e. The summed E-state index contributed by atoms with van der Waals surface area (Å²) in [6.45, 7) is 7.81. The van der Waals surface area contributed by atoms with Gasteiger partial charge in [0.2, 0.25) is 0 Å². The highest BCUT2D eigenvalue weighted by Gasteiger charge is 2.00. The Kier molecular flexibility index (Phi) is 12.1. The van der Waals surface area contributed by atoms with Crippen molar-refractivity contribution in [3.63, 3.8) is 0 Å². The van der Waals surface area contributed by atoms with E-state index in [0.29, 0.717) is 0 Å². The van der Waals surface area contributed by atoms with Gasteiger partial charge in [-0.3, -0.25) is 4.79 Å². The second kappa shape index (κ2) is 11.9. The van der Waals surface area contributed by atoms with Crippen LogP contribution in [0.3, 0.4) is 0 Å². The van der Waals surface area contributed by atoms with Gasteiger partial charge >= 0.3 is 17.9 Å². The van der Waals surface area contributed by atoms with Gasteiger partial charge in [0.1, 0.15) is 0 Å². The Bertz CT molecular complexity index is 304. The fourth-order valence-corrected chi connectivity index (χ4v) is 0.557. The van der Waals surface area contributed by atoms with E-state index in [1.807, 2.05) is 0 Å². The molecule has 0 atom stereocenters. The summed E-state index contributed by atoms with van der Waals surface area (Å²) in [5, 5.41) is 0. The number of carbonyl (C=O) groups is 3. The number of carbonyl (C=O) groups excluding carboxylic acids is 3. The molecule has 0 fully saturated rings. The molecule has 0 heterocycles. The average molecular weight is 240 g/mol. The minimum Gasteiger partial charge on any atom is -0.435 e. The van der Waals surface area contributed by atoms with Crippen LogP contribution in [0.5, 0.6) is 0 Å². The van der Waals surface area contributed by atoms with E-state index < -0.39 is 11.9 Å². The first-order chi connectivity index (χ1) is 7.97. The molecular formula is C12H16O5. The van der Waals surface area contributed by atoms with Gasteiger partial charge in [0.25, 0.3) is 0 Å². The van der Waals surface area contributed by atoms with Crippen molar-refractivity contribution in [3.8, 4) is 0 Å². The van der Waals surface area contributed by atoms with Crippen molar-refractivity contribution in [3.05, 3.63) is 37.1 Å². The molecular weight excluding hydrogens is 224 g/mol. The van der Waals surface area contributed by atoms with Crippen molar-refractivity contribution in [1.29, 1.82) is 0 Å². The fourth-order valence-electron chi connectivity index (χ4n) is 0.557. The highest BCUT2D eigenvalue weighted by Crippen LogP contribution is 1.84. The molecule has 0 N–H and O–H groups in total. The number of ether oxygens (including phenoxy) is 2. The van der Waals surface area contributed by atoms with E-state index in [2.05, 4.69) is 16.1 Å². The van der Waals surface area contributed by atoms with E-state index in [4.69, 9.17) is 0 Å². The van der Waals surface area contributed by atoms with Crippen molar-refractivity contribution in [1.82, 2.24) is 0 Å². The van der Waals surface area contributed by atoms with Gasteiger partial charge in [-0.1, -0.05) is 18.7 Å². The SMILES string of the molecule is C=COC(C)=O.CC=CC(=O)OC(=O)/C=C/C. The van der Waals surface area contributed by atoms with Crippen molar-refractivity contribution in [2.45, 2.75) is 20.8 Å². The van der Waals surface area contributed by atoms with Crippen LogP contribution in [-0.2, 0) is 23.9 Å². The van der Waals surface area contributed by atoms with E-state index in [1.54, 1.807) is 13.8 Å². The van der Waals surface area contributed by atoms with Crippen LogP contribution in [0.15, 0.2) is 37.1 Å². The Morgan fingerprint density at radius 1 is 1.00 bits per heavy atom. The Hall–Kier alpha value is -2.17. The number of hydrogen-bond acceptors (Lipinski definition) is 5. The zero-order chi connectivity index (χ0) is 13.7. The topological polar surface area (TPSA) is 69.7 Å². The Morgan fingerprint density at radius 3 is 1.59 bits per heavy atom. The van der Waals surface area contributed by atoms with E-state index >= 15 is 0 Å². The van der Waals surface area contributed by atoms with Crippen LogP contribution in [0.25, 0.3) is 0 Å². The van der Waals surface area contributed by atoms with E-state index in [-0.39, 0.29) is 5.97 Å². The zero-order valence-electron chi connectivity index (χ0n) is 10.1. The van der Waals surface area contributed by atoms with Crippen LogP contribution in [0.4, 0.5) is 0 Å². The van der Waals surface area contributed by atoms with Gasteiger partial charge in [-0.05, 0) is 13.8 Å². The first-order valence-corrected chi connectivity index (χ1v) is 4.77. The highest BCUT2D eigenvalue weighted by molar-refractivity contribution is 5.96. The molecule has 0 saturated heterocycles. The molecule has 0 aliphatic carbocycles. The lowest BCUT2D eigenvalue weighted by atomic mass is 10.5. The lowest BCUT2D eigenvalue weighted by Gasteiger charge is -1.91. The third-order valence-electron chi connectivity index (χ3n) is 1.06. The summed E-state index contributed by atoms with van der Waals surface area (Å²) in [7, 11) is 0. The Balaban J connectivity index is 0. The maximum atomic E-state index is 10.6. The summed E-state index contributed by atoms with van der Waals surface area (Å²) < 4.78 is 8.45. The van der Waals surface area contributed by atoms with Crippen LogP contribution in [0, 0.1) is 0 Å². The van der Waals surface area contributed by atoms with Crippen LogP contribution in [0.2, 0.25) is 0 Å². The van der Waals surface area contributed by atoms with Gasteiger partial charge in [-0.2, -0.15) is 0 Å². The standard InChI is InChI=1S/C8H10O3.C4H6O2/c1-3-5-7(9)11-8(10)6-4-2;1-3-6-4(2)5/h3-6H,1-2H3;3H,1H2,2H3/b5-3+,6-4?;. The number of hydrogen-bond donors (Lipinski definition) is 0. The predicted octanol–water partition coefficient (Wildman–Crippen LogP) is 1.90. The quantitative estimate of drug-likeness (QED) is 0.326. The van der Waals surface area contributed by atoms with Crippen molar-refractivity contribution in [2.24, 2.45) is 0 Å². The molecule has 5 nitrogen and oxygen atoms in total. The van der Waals surface area contributed by atoms with Crippen molar-refractivity contribution in [2.75, 3.05) is 0 Å². The molecule has 0 rings (SSSR count). The summed E-state index contributed by atoms with van der Waals surface area (Å²) in [5.41, 5.74) is 0. The third-order valence-corrected chi connectivity index (χ3v) is 1.06. The zero-order valence-corrected chi connectivity index (χ0v) is 10.1. The third kappa shape index (κ3) is 16.5. The second-order valence-electron chi connectivity index (χ2n) is 2.52. The first kappa shape index (κ1) is 17.2. The summed E-state index contributed by atoms with van der Waals surface area (Å²) in [6.07, 6.45) is 6.47. The first-order valence-electron chi connectivity index (χ1n) is 4.77. The molecule has 0 radical (unpaired) electrons. The Morgan fingerprint density at radius 2 is 1.41 bits per heavy atom.